The average molecular weight is 205 g/mol. The molecule has 0 amide bonds. The summed E-state index contributed by atoms with van der Waals surface area (Å²) in [6.07, 6.45) is 3.36. The van der Waals surface area contributed by atoms with E-state index in [9.17, 15) is 0 Å². The normalized spacial score (nSPS) is 9.93. The zero-order valence-electron chi connectivity index (χ0n) is 7.21. The van der Waals surface area contributed by atoms with Crippen molar-refractivity contribution in [3.05, 3.63) is 28.3 Å². The van der Waals surface area contributed by atoms with Crippen LogP contribution in [0.15, 0.2) is 17.8 Å². The van der Waals surface area contributed by atoms with Gasteiger partial charge in [-0.25, -0.2) is 4.98 Å². The molecule has 0 aliphatic heterocycles. The molecule has 0 saturated carbocycles. The molecule has 0 unspecified atom stereocenters. The van der Waals surface area contributed by atoms with Gasteiger partial charge in [-0.1, -0.05) is 0 Å². The largest absolute Gasteiger partial charge is 0.381 e. The van der Waals surface area contributed by atoms with Crippen molar-refractivity contribution in [2.75, 3.05) is 5.73 Å². The molecule has 0 aliphatic carbocycles. The van der Waals surface area contributed by atoms with Crippen LogP contribution in [0.5, 0.6) is 0 Å². The van der Waals surface area contributed by atoms with Gasteiger partial charge in [-0.3, -0.25) is 4.68 Å². The second-order valence-corrected chi connectivity index (χ2v) is 3.64. The number of hydrogen-bond donors (Lipinski definition) is 1. The smallest absolute Gasteiger partial charge is 0.163 e. The number of thiazole rings is 1. The second-order valence-electron chi connectivity index (χ2n) is 2.66. The Hall–Kier alpha value is -1.87. The van der Waals surface area contributed by atoms with Gasteiger partial charge in [0.1, 0.15) is 16.6 Å². The number of nitrogens with zero attached hydrogens (tertiary/aromatic N) is 4. The van der Waals surface area contributed by atoms with E-state index in [2.05, 4.69) is 10.1 Å². The van der Waals surface area contributed by atoms with Gasteiger partial charge in [-0.15, -0.1) is 11.3 Å². The third-order valence-electron chi connectivity index (χ3n) is 1.69. The highest BCUT2D eigenvalue weighted by Crippen LogP contribution is 2.10. The van der Waals surface area contributed by atoms with Crippen LogP contribution in [0.4, 0.5) is 5.82 Å². The molecule has 2 aromatic heterocycles. The van der Waals surface area contributed by atoms with Crippen molar-refractivity contribution in [1.29, 1.82) is 5.26 Å². The zero-order valence-corrected chi connectivity index (χ0v) is 8.03. The van der Waals surface area contributed by atoms with Crippen molar-refractivity contribution in [1.82, 2.24) is 14.8 Å². The lowest BCUT2D eigenvalue weighted by molar-refractivity contribution is 0.686. The summed E-state index contributed by atoms with van der Waals surface area (Å²) in [6.45, 7) is 0.559. The first kappa shape index (κ1) is 8.72. The summed E-state index contributed by atoms with van der Waals surface area (Å²) in [5.41, 5.74) is 5.91. The van der Waals surface area contributed by atoms with Crippen LogP contribution >= 0.6 is 11.3 Å². The summed E-state index contributed by atoms with van der Waals surface area (Å²) in [6, 6.07) is 1.97. The molecule has 0 bridgehead atoms. The van der Waals surface area contributed by atoms with Crippen molar-refractivity contribution in [2.24, 2.45) is 0 Å². The third-order valence-corrected chi connectivity index (χ3v) is 2.46. The highest BCUT2D eigenvalue weighted by atomic mass is 32.1. The first-order valence-electron chi connectivity index (χ1n) is 3.91. The summed E-state index contributed by atoms with van der Waals surface area (Å²) in [4.78, 5) is 4.11. The van der Waals surface area contributed by atoms with Crippen molar-refractivity contribution >= 4 is 17.2 Å². The molecule has 0 radical (unpaired) electrons. The monoisotopic (exact) mass is 205 g/mol. The topological polar surface area (TPSA) is 80.5 Å². The number of hydrogen-bond acceptors (Lipinski definition) is 5. The molecule has 14 heavy (non-hydrogen) atoms. The van der Waals surface area contributed by atoms with Gasteiger partial charge in [0.25, 0.3) is 0 Å². The van der Waals surface area contributed by atoms with Crippen LogP contribution in [0.25, 0.3) is 0 Å². The lowest BCUT2D eigenvalue weighted by Gasteiger charge is -1.94. The van der Waals surface area contributed by atoms with Gasteiger partial charge < -0.3 is 5.73 Å². The van der Waals surface area contributed by atoms with Crippen LogP contribution in [0, 0.1) is 11.3 Å². The minimum Gasteiger partial charge on any atom is -0.381 e. The fourth-order valence-corrected chi connectivity index (χ4v) is 1.68. The summed E-state index contributed by atoms with van der Waals surface area (Å²) >= 11 is 1.54. The number of rotatable bonds is 2. The minimum absolute atomic E-state index is 0.268. The lowest BCUT2D eigenvalue weighted by Crippen LogP contribution is -2.00. The molecule has 2 heterocycles. The number of aromatic nitrogens is 3. The zero-order chi connectivity index (χ0) is 9.97. The second kappa shape index (κ2) is 3.47. The summed E-state index contributed by atoms with van der Waals surface area (Å²) in [5, 5.41) is 15.5. The van der Waals surface area contributed by atoms with Gasteiger partial charge in [0.05, 0.1) is 6.54 Å². The van der Waals surface area contributed by atoms with E-state index in [0.29, 0.717) is 12.1 Å². The maximum absolute atomic E-state index is 8.66. The average Bonchev–Trinajstić information content (AvgIpc) is 2.76. The maximum atomic E-state index is 8.66. The summed E-state index contributed by atoms with van der Waals surface area (Å²) in [7, 11) is 0. The maximum Gasteiger partial charge on any atom is 0.163 e. The van der Waals surface area contributed by atoms with E-state index in [1.165, 1.54) is 0 Å². The third kappa shape index (κ3) is 1.58. The number of nitrogen functional groups attached to an aromatic ring is 1. The van der Waals surface area contributed by atoms with Crippen LogP contribution in [-0.2, 0) is 6.54 Å². The highest BCUT2D eigenvalue weighted by molar-refractivity contribution is 7.09. The first-order chi connectivity index (χ1) is 6.79. The van der Waals surface area contributed by atoms with Crippen LogP contribution in [0.2, 0.25) is 0 Å². The van der Waals surface area contributed by atoms with E-state index in [0.717, 1.165) is 5.01 Å². The van der Waals surface area contributed by atoms with Gasteiger partial charge in [0, 0.05) is 17.8 Å². The van der Waals surface area contributed by atoms with Crippen LogP contribution < -0.4 is 5.73 Å². The van der Waals surface area contributed by atoms with E-state index in [-0.39, 0.29) is 5.82 Å². The fraction of sp³-hybridized carbons (Fsp3) is 0.125. The Morgan fingerprint density at radius 1 is 1.64 bits per heavy atom. The Kier molecular flexibility index (Phi) is 2.16. The SMILES string of the molecule is N#Cc1cn(Cc2nccs2)nc1N. The molecule has 0 aromatic carbocycles. The van der Waals surface area contributed by atoms with E-state index in [1.807, 2.05) is 11.4 Å². The molecule has 0 atom stereocenters. The molecular formula is C8H7N5S. The molecule has 0 spiro atoms. The van der Waals surface area contributed by atoms with Crippen molar-refractivity contribution in [3.63, 3.8) is 0 Å². The van der Waals surface area contributed by atoms with Gasteiger partial charge in [0.2, 0.25) is 0 Å². The van der Waals surface area contributed by atoms with Crippen molar-refractivity contribution in [3.8, 4) is 6.07 Å². The molecule has 0 saturated heterocycles. The molecule has 2 N–H and O–H groups in total. The van der Waals surface area contributed by atoms with Crippen LogP contribution in [0.1, 0.15) is 10.6 Å². The van der Waals surface area contributed by atoms with Crippen molar-refractivity contribution < 1.29 is 0 Å². The van der Waals surface area contributed by atoms with E-state index < -0.39 is 0 Å². The standard InChI is InChI=1S/C8H7N5S/c9-3-6-4-13(12-8(6)10)5-7-11-1-2-14-7/h1-2,4H,5H2,(H2,10,12). The van der Waals surface area contributed by atoms with Gasteiger partial charge in [-0.2, -0.15) is 10.4 Å². The first-order valence-corrected chi connectivity index (χ1v) is 4.79. The van der Waals surface area contributed by atoms with Crippen molar-refractivity contribution in [2.45, 2.75) is 6.54 Å². The van der Waals surface area contributed by atoms with Crippen LogP contribution in [0.3, 0.4) is 0 Å². The van der Waals surface area contributed by atoms with E-state index in [1.54, 1.807) is 28.4 Å². The number of nitriles is 1. The molecule has 6 heteroatoms. The molecule has 0 fully saturated rings. The summed E-state index contributed by atoms with van der Waals surface area (Å²) < 4.78 is 1.62. The summed E-state index contributed by atoms with van der Waals surface area (Å²) in [5.74, 6) is 0.268. The molecule has 0 aliphatic rings. The molecule has 2 aromatic rings. The minimum atomic E-state index is 0.268. The fourth-order valence-electron chi connectivity index (χ4n) is 1.07. The Balaban J connectivity index is 2.23. The lowest BCUT2D eigenvalue weighted by atomic mass is 10.4. The predicted octanol–water partition coefficient (Wildman–Crippen LogP) is 0.842. The van der Waals surface area contributed by atoms with Crippen LogP contribution in [-0.4, -0.2) is 14.8 Å². The quantitative estimate of drug-likeness (QED) is 0.787. The highest BCUT2D eigenvalue weighted by Gasteiger charge is 2.05. The van der Waals surface area contributed by atoms with Gasteiger partial charge >= 0.3 is 0 Å². The molecular weight excluding hydrogens is 198 g/mol. The molecule has 70 valence electrons. The van der Waals surface area contributed by atoms with E-state index >= 15 is 0 Å². The predicted molar refractivity (Wildman–Crippen MR) is 52.6 cm³/mol. The van der Waals surface area contributed by atoms with Gasteiger partial charge in [-0.05, 0) is 0 Å². The Bertz CT molecular complexity index is 464. The van der Waals surface area contributed by atoms with E-state index in [4.69, 9.17) is 11.0 Å². The Morgan fingerprint density at radius 2 is 2.50 bits per heavy atom. The number of nitrogens with two attached hydrogens (primary N) is 1. The number of anilines is 1. The molecule has 2 rings (SSSR count). The Morgan fingerprint density at radius 3 is 3.07 bits per heavy atom. The Labute approximate surface area is 84.4 Å². The molecule has 5 nitrogen and oxygen atoms in total. The van der Waals surface area contributed by atoms with Gasteiger partial charge in [0.15, 0.2) is 5.82 Å².